The van der Waals surface area contributed by atoms with Crippen LogP contribution in [0.3, 0.4) is 0 Å². The molecule has 0 aliphatic heterocycles. The number of aryl methyl sites for hydroxylation is 12. The molecule has 9 aromatic heterocycles. The van der Waals surface area contributed by atoms with Crippen LogP contribution < -0.4 is 14.2 Å². The lowest BCUT2D eigenvalue weighted by Crippen LogP contribution is -2.08. The summed E-state index contributed by atoms with van der Waals surface area (Å²) in [5.41, 5.74) is 16.6. The number of carbonyl (C=O) groups is 3. The second kappa shape index (κ2) is 33.1. The van der Waals surface area contributed by atoms with Crippen LogP contribution in [-0.2, 0) is 91.8 Å². The molecule has 0 bridgehead atoms. The molecule has 3 atom stereocenters. The average molecular weight is 1260 g/mol. The average Bonchev–Trinajstić information content (AvgIpc) is 2.94. The number of nitrogens with zero attached hydrogens (tertiary/aromatic N) is 12. The van der Waals surface area contributed by atoms with Crippen LogP contribution in [-0.4, -0.2) is 114 Å². The molecule has 0 saturated heterocycles. The van der Waals surface area contributed by atoms with E-state index in [1.165, 1.54) is 72.3 Å². The predicted molar refractivity (Wildman–Crippen MR) is 349 cm³/mol. The van der Waals surface area contributed by atoms with Gasteiger partial charge in [0.25, 0.3) is 0 Å². The Morgan fingerprint density at radius 2 is 0.677 bits per heavy atom. The lowest BCUT2D eigenvalue weighted by Gasteiger charge is -2.15. The summed E-state index contributed by atoms with van der Waals surface area (Å²) >= 11 is 0. The predicted octanol–water partition coefficient (Wildman–Crippen LogP) is 11.4. The minimum Gasteiger partial charge on any atom is -0.481 e. The number of hydrogen-bond acceptors (Lipinski definition) is 15. The van der Waals surface area contributed by atoms with Crippen molar-refractivity contribution in [3.05, 3.63) is 213 Å². The van der Waals surface area contributed by atoms with Gasteiger partial charge in [0.05, 0.1) is 59.2 Å². The number of ether oxygens (including phenoxy) is 3. The summed E-state index contributed by atoms with van der Waals surface area (Å²) in [4.78, 5) is 61.5. The molecule has 21 nitrogen and oxygen atoms in total. The fourth-order valence-corrected chi connectivity index (χ4v) is 12.6. The number of fused-ring (bicyclic) bond motifs is 3. The van der Waals surface area contributed by atoms with Crippen molar-refractivity contribution in [3.8, 4) is 17.6 Å². The van der Waals surface area contributed by atoms with Gasteiger partial charge in [0.15, 0.2) is 0 Å². The van der Waals surface area contributed by atoms with Crippen LogP contribution in [0.4, 0.5) is 0 Å². The van der Waals surface area contributed by atoms with Crippen LogP contribution in [0.5, 0.6) is 17.6 Å². The zero-order chi connectivity index (χ0) is 64.9. The van der Waals surface area contributed by atoms with E-state index in [1.54, 1.807) is 76.7 Å². The van der Waals surface area contributed by atoms with Crippen LogP contribution in [0.2, 0.25) is 0 Å². The van der Waals surface area contributed by atoms with Crippen molar-refractivity contribution in [3.63, 3.8) is 0 Å². The van der Waals surface area contributed by atoms with E-state index in [9.17, 15) is 29.7 Å². The summed E-state index contributed by atoms with van der Waals surface area (Å²) in [5.74, 6) is -1.95. The van der Waals surface area contributed by atoms with E-state index in [0.29, 0.717) is 17.6 Å². The first-order valence-corrected chi connectivity index (χ1v) is 32.5. The molecule has 0 fully saturated rings. The lowest BCUT2D eigenvalue weighted by atomic mass is 9.92. The Morgan fingerprint density at radius 3 is 0.935 bits per heavy atom. The molecule has 3 aliphatic carbocycles. The van der Waals surface area contributed by atoms with Crippen molar-refractivity contribution < 1.29 is 43.9 Å². The molecule has 0 saturated carbocycles. The molecular weight excluding hydrogens is 1180 g/mol. The summed E-state index contributed by atoms with van der Waals surface area (Å²) in [5, 5.41) is 41.5. The SMILES string of the molecule is COc1ccc(C(CC(=O)O)c2cnn(CCCc3ccc4c(n3)CCCC4)c2)cn1.COc1ccc([C@@H](CC(=O)O)c2cnn(CCCc3ccc4c(n3)CCCC4)c2)cn1.COc1ccc([C@H](CC(=O)O)c2cnn(CCCc3ccc4c(n3)CCCC4)c2)cn1. The van der Waals surface area contributed by atoms with Gasteiger partial charge in [-0.2, -0.15) is 15.3 Å². The van der Waals surface area contributed by atoms with Crippen molar-refractivity contribution in [1.82, 2.24) is 59.2 Å². The third-order valence-electron chi connectivity index (χ3n) is 17.6. The van der Waals surface area contributed by atoms with E-state index in [-0.39, 0.29) is 37.0 Å². The lowest BCUT2D eigenvalue weighted by molar-refractivity contribution is -0.138. The molecular formula is C72H84N12O9. The van der Waals surface area contributed by atoms with Gasteiger partial charge in [-0.3, -0.25) is 43.4 Å². The molecule has 0 spiro atoms. The fourth-order valence-electron chi connectivity index (χ4n) is 12.6. The van der Waals surface area contributed by atoms with Crippen LogP contribution in [0.15, 0.2) is 129 Å². The van der Waals surface area contributed by atoms with E-state index in [4.69, 9.17) is 29.2 Å². The van der Waals surface area contributed by atoms with Gasteiger partial charge in [-0.25, -0.2) is 15.0 Å². The van der Waals surface area contributed by atoms with E-state index in [0.717, 1.165) is 147 Å². The van der Waals surface area contributed by atoms with Gasteiger partial charge >= 0.3 is 17.9 Å². The fraction of sp³-hybridized carbons (Fsp3) is 0.417. The first-order valence-electron chi connectivity index (χ1n) is 32.5. The summed E-state index contributed by atoms with van der Waals surface area (Å²) in [6.45, 7) is 2.29. The summed E-state index contributed by atoms with van der Waals surface area (Å²) in [6.07, 6.45) is 35.8. The number of aromatic nitrogens is 12. The van der Waals surface area contributed by atoms with Gasteiger partial charge in [-0.05, 0) is 184 Å². The first-order chi connectivity index (χ1) is 45.4. The number of methoxy groups -OCH3 is 3. The normalized spacial score (nSPS) is 14.1. The number of aliphatic carboxylic acids is 3. The van der Waals surface area contributed by atoms with Crippen LogP contribution in [0.25, 0.3) is 0 Å². The molecule has 0 amide bonds. The van der Waals surface area contributed by atoms with Gasteiger partial charge in [0.2, 0.25) is 17.6 Å². The molecule has 3 aliphatic rings. The second-order valence-electron chi connectivity index (χ2n) is 24.1. The molecule has 0 radical (unpaired) electrons. The highest BCUT2D eigenvalue weighted by Gasteiger charge is 2.24. The minimum atomic E-state index is -0.855. The molecule has 1 unspecified atom stereocenters. The Bertz CT molecular complexity index is 3490. The summed E-state index contributed by atoms with van der Waals surface area (Å²) < 4.78 is 21.0. The first kappa shape index (κ1) is 66.3. The maximum Gasteiger partial charge on any atom is 0.304 e. The third-order valence-corrected chi connectivity index (χ3v) is 17.6. The summed E-state index contributed by atoms with van der Waals surface area (Å²) in [6, 6.07) is 24.0. The number of carboxylic acids is 3. The number of hydrogen-bond donors (Lipinski definition) is 3. The second-order valence-corrected chi connectivity index (χ2v) is 24.1. The summed E-state index contributed by atoms with van der Waals surface area (Å²) in [7, 11) is 4.67. The molecule has 9 heterocycles. The Balaban J connectivity index is 0.000000153. The maximum atomic E-state index is 11.4. The van der Waals surface area contributed by atoms with Gasteiger partial charge in [0, 0.05) is 127 Å². The van der Waals surface area contributed by atoms with E-state index >= 15 is 0 Å². The molecule has 12 rings (SSSR count). The van der Waals surface area contributed by atoms with Gasteiger partial charge in [-0.1, -0.05) is 36.4 Å². The van der Waals surface area contributed by atoms with E-state index < -0.39 is 17.9 Å². The topological polar surface area (TPSA) is 270 Å². The Hall–Kier alpha value is -9.66. The van der Waals surface area contributed by atoms with Crippen LogP contribution in [0.1, 0.15) is 179 Å². The van der Waals surface area contributed by atoms with E-state index in [2.05, 4.69) is 66.6 Å². The van der Waals surface area contributed by atoms with Gasteiger partial charge < -0.3 is 29.5 Å². The molecule has 3 N–H and O–H groups in total. The van der Waals surface area contributed by atoms with Crippen molar-refractivity contribution in [1.29, 1.82) is 0 Å². The quantitative estimate of drug-likeness (QED) is 0.0432. The van der Waals surface area contributed by atoms with Crippen molar-refractivity contribution in [2.75, 3.05) is 21.3 Å². The van der Waals surface area contributed by atoms with Crippen molar-refractivity contribution in [2.45, 2.75) is 172 Å². The Morgan fingerprint density at radius 1 is 0.387 bits per heavy atom. The molecule has 93 heavy (non-hydrogen) atoms. The van der Waals surface area contributed by atoms with Crippen LogP contribution >= 0.6 is 0 Å². The smallest absolute Gasteiger partial charge is 0.304 e. The number of rotatable bonds is 27. The van der Waals surface area contributed by atoms with Gasteiger partial charge in [-0.15, -0.1) is 0 Å². The molecule has 9 aromatic rings. The monoisotopic (exact) mass is 1260 g/mol. The Kier molecular flexibility index (Phi) is 23.6. The zero-order valence-corrected chi connectivity index (χ0v) is 53.5. The maximum absolute atomic E-state index is 11.4. The number of carboxylic acid groups (broad SMARTS) is 3. The Labute approximate surface area is 542 Å². The highest BCUT2D eigenvalue weighted by atomic mass is 16.5. The standard InChI is InChI=1S/3C24H28N4O3/c3*1-31-23-11-9-18(14-25-23)21(13-24(29)30)19-15-26-28(16-19)12-4-6-20-10-8-17-5-2-3-7-22(17)27-20/h3*8-11,14-16,21H,2-7,12-13H2,1H3,(H,29,30)/t2*21-;/m10./s1. The third kappa shape index (κ3) is 19.0. The van der Waals surface area contributed by atoms with Crippen molar-refractivity contribution >= 4 is 17.9 Å². The van der Waals surface area contributed by atoms with Crippen LogP contribution in [0, 0.1) is 0 Å². The largest absolute Gasteiger partial charge is 0.481 e. The zero-order valence-electron chi connectivity index (χ0n) is 53.5. The molecule has 21 heteroatoms. The number of pyridine rings is 6. The highest BCUT2D eigenvalue weighted by Crippen LogP contribution is 2.32. The van der Waals surface area contributed by atoms with Gasteiger partial charge in [0.1, 0.15) is 0 Å². The molecule has 0 aromatic carbocycles. The minimum absolute atomic E-state index is 0.0151. The van der Waals surface area contributed by atoms with Crippen molar-refractivity contribution in [2.24, 2.45) is 0 Å². The highest BCUT2D eigenvalue weighted by molar-refractivity contribution is 5.70. The molecule has 486 valence electrons. The van der Waals surface area contributed by atoms with E-state index in [1.807, 2.05) is 50.8 Å².